The first-order chi connectivity index (χ1) is 9.51. The molecule has 0 bridgehead atoms. The third-order valence-corrected chi connectivity index (χ3v) is 3.56. The Balaban J connectivity index is 2.20. The van der Waals surface area contributed by atoms with E-state index >= 15 is 0 Å². The van der Waals surface area contributed by atoms with Gasteiger partial charge < -0.3 is 15.1 Å². The Morgan fingerprint density at radius 1 is 1.40 bits per heavy atom. The van der Waals surface area contributed by atoms with Crippen molar-refractivity contribution in [1.82, 2.24) is 9.97 Å². The molecule has 0 saturated carbocycles. The molecular formula is C14H19BrN4O. The lowest BCUT2D eigenvalue weighted by Crippen LogP contribution is -2.11. The number of anilines is 2. The van der Waals surface area contributed by atoms with E-state index in [9.17, 15) is 0 Å². The third-order valence-electron chi connectivity index (χ3n) is 2.98. The van der Waals surface area contributed by atoms with Crippen LogP contribution in [-0.4, -0.2) is 16.5 Å². The molecule has 5 nitrogen and oxygen atoms in total. The summed E-state index contributed by atoms with van der Waals surface area (Å²) in [5, 5.41) is 6.48. The number of rotatable bonds is 5. The Labute approximate surface area is 127 Å². The molecule has 2 heterocycles. The molecule has 108 valence electrons. The van der Waals surface area contributed by atoms with Crippen LogP contribution in [0.25, 0.3) is 0 Å². The minimum Gasteiger partial charge on any atom is -0.466 e. The summed E-state index contributed by atoms with van der Waals surface area (Å²) in [6, 6.07) is 2.15. The smallest absolute Gasteiger partial charge is 0.224 e. The molecule has 0 aromatic carbocycles. The van der Waals surface area contributed by atoms with Crippen molar-refractivity contribution in [2.75, 3.05) is 17.2 Å². The molecule has 0 aliphatic rings. The van der Waals surface area contributed by atoms with Crippen LogP contribution in [0.4, 0.5) is 11.8 Å². The highest BCUT2D eigenvalue weighted by atomic mass is 79.9. The Hall–Kier alpha value is -1.56. The average Bonchev–Trinajstić information content (AvgIpc) is 2.73. The van der Waals surface area contributed by atoms with Gasteiger partial charge in [0.15, 0.2) is 0 Å². The van der Waals surface area contributed by atoms with Crippen molar-refractivity contribution in [3.05, 3.63) is 33.8 Å². The number of nitrogens with zero attached hydrogens (tertiary/aromatic N) is 2. The standard InChI is InChI=1S/C14H19BrN4O/c1-5-16-14-17-7-12(15)13(19-14)18-9(3)11-6-8(2)20-10(11)4/h6-7,9H,5H2,1-4H3,(H2,16,17,18,19). The van der Waals surface area contributed by atoms with Crippen LogP contribution in [-0.2, 0) is 0 Å². The van der Waals surface area contributed by atoms with Crippen LogP contribution in [0.3, 0.4) is 0 Å². The number of nitrogens with one attached hydrogen (secondary N) is 2. The summed E-state index contributed by atoms with van der Waals surface area (Å²) in [5.74, 6) is 3.23. The van der Waals surface area contributed by atoms with Crippen molar-refractivity contribution in [3.63, 3.8) is 0 Å². The molecule has 0 amide bonds. The van der Waals surface area contributed by atoms with E-state index in [1.54, 1.807) is 6.20 Å². The van der Waals surface area contributed by atoms with Gasteiger partial charge in [0, 0.05) is 18.3 Å². The van der Waals surface area contributed by atoms with Crippen molar-refractivity contribution < 1.29 is 4.42 Å². The van der Waals surface area contributed by atoms with E-state index < -0.39 is 0 Å². The zero-order valence-electron chi connectivity index (χ0n) is 12.1. The number of furan rings is 1. The fraction of sp³-hybridized carbons (Fsp3) is 0.429. The zero-order valence-corrected chi connectivity index (χ0v) is 13.7. The number of aryl methyl sites for hydroxylation is 2. The summed E-state index contributed by atoms with van der Waals surface area (Å²) in [5.41, 5.74) is 1.14. The molecular weight excluding hydrogens is 320 g/mol. The van der Waals surface area contributed by atoms with Crippen molar-refractivity contribution in [1.29, 1.82) is 0 Å². The quantitative estimate of drug-likeness (QED) is 0.860. The van der Waals surface area contributed by atoms with E-state index in [2.05, 4.69) is 43.5 Å². The Morgan fingerprint density at radius 2 is 2.15 bits per heavy atom. The lowest BCUT2D eigenvalue weighted by atomic mass is 10.1. The molecule has 2 aromatic heterocycles. The highest BCUT2D eigenvalue weighted by molar-refractivity contribution is 9.10. The molecule has 1 atom stereocenters. The van der Waals surface area contributed by atoms with Crippen LogP contribution in [0, 0.1) is 13.8 Å². The van der Waals surface area contributed by atoms with Gasteiger partial charge in [-0.25, -0.2) is 4.98 Å². The molecule has 2 rings (SSSR count). The van der Waals surface area contributed by atoms with Crippen LogP contribution in [0.15, 0.2) is 21.2 Å². The second-order valence-electron chi connectivity index (χ2n) is 4.66. The lowest BCUT2D eigenvalue weighted by Gasteiger charge is -2.15. The van der Waals surface area contributed by atoms with Gasteiger partial charge in [0.1, 0.15) is 17.3 Å². The van der Waals surface area contributed by atoms with Gasteiger partial charge in [0.2, 0.25) is 5.95 Å². The van der Waals surface area contributed by atoms with Crippen LogP contribution in [0.2, 0.25) is 0 Å². The SMILES string of the molecule is CCNc1ncc(Br)c(NC(C)c2cc(C)oc2C)n1. The van der Waals surface area contributed by atoms with Crippen molar-refractivity contribution in [2.24, 2.45) is 0 Å². The van der Waals surface area contributed by atoms with Gasteiger partial charge in [0.05, 0.1) is 10.5 Å². The van der Waals surface area contributed by atoms with E-state index in [1.165, 1.54) is 0 Å². The largest absolute Gasteiger partial charge is 0.466 e. The molecule has 0 aliphatic heterocycles. The van der Waals surface area contributed by atoms with Crippen molar-refractivity contribution >= 4 is 27.7 Å². The molecule has 0 aliphatic carbocycles. The lowest BCUT2D eigenvalue weighted by molar-refractivity contribution is 0.499. The summed E-state index contributed by atoms with van der Waals surface area (Å²) in [4.78, 5) is 8.66. The van der Waals surface area contributed by atoms with Crippen molar-refractivity contribution in [3.8, 4) is 0 Å². The molecule has 6 heteroatoms. The normalized spacial score (nSPS) is 12.2. The summed E-state index contributed by atoms with van der Waals surface area (Å²) >= 11 is 3.47. The second-order valence-corrected chi connectivity index (χ2v) is 5.51. The predicted molar refractivity (Wildman–Crippen MR) is 84.1 cm³/mol. The second kappa shape index (κ2) is 6.26. The predicted octanol–water partition coefficient (Wildman–Crippen LogP) is 4.05. The zero-order chi connectivity index (χ0) is 14.7. The highest BCUT2D eigenvalue weighted by Gasteiger charge is 2.15. The van der Waals surface area contributed by atoms with Gasteiger partial charge in [-0.05, 0) is 49.7 Å². The third kappa shape index (κ3) is 3.30. The first-order valence-electron chi connectivity index (χ1n) is 6.61. The maximum atomic E-state index is 5.57. The summed E-state index contributed by atoms with van der Waals surface area (Å²) in [7, 11) is 0. The number of hydrogen-bond donors (Lipinski definition) is 2. The van der Waals surface area contributed by atoms with Gasteiger partial charge in [-0.2, -0.15) is 4.98 Å². The van der Waals surface area contributed by atoms with Crippen molar-refractivity contribution in [2.45, 2.75) is 33.7 Å². The number of aromatic nitrogens is 2. The number of hydrogen-bond acceptors (Lipinski definition) is 5. The first-order valence-corrected chi connectivity index (χ1v) is 7.40. The average molecular weight is 339 g/mol. The monoisotopic (exact) mass is 338 g/mol. The Bertz CT molecular complexity index is 597. The Kier molecular flexibility index (Phi) is 4.65. The topological polar surface area (TPSA) is 63.0 Å². The molecule has 20 heavy (non-hydrogen) atoms. The van der Waals surface area contributed by atoms with Gasteiger partial charge in [-0.1, -0.05) is 0 Å². The van der Waals surface area contributed by atoms with E-state index in [-0.39, 0.29) is 6.04 Å². The molecule has 0 fully saturated rings. The van der Waals surface area contributed by atoms with Gasteiger partial charge in [0.25, 0.3) is 0 Å². The van der Waals surface area contributed by atoms with Gasteiger partial charge in [-0.15, -0.1) is 0 Å². The summed E-state index contributed by atoms with van der Waals surface area (Å²) in [6.45, 7) is 8.81. The maximum absolute atomic E-state index is 5.57. The minimum absolute atomic E-state index is 0.105. The molecule has 1 unspecified atom stereocenters. The summed E-state index contributed by atoms with van der Waals surface area (Å²) < 4.78 is 6.41. The van der Waals surface area contributed by atoms with E-state index in [0.717, 1.165) is 33.9 Å². The van der Waals surface area contributed by atoms with E-state index in [0.29, 0.717) is 5.95 Å². The minimum atomic E-state index is 0.105. The molecule has 0 saturated heterocycles. The van der Waals surface area contributed by atoms with Gasteiger partial charge >= 0.3 is 0 Å². The molecule has 0 radical (unpaired) electrons. The van der Waals surface area contributed by atoms with Crippen LogP contribution >= 0.6 is 15.9 Å². The Morgan fingerprint density at radius 3 is 2.75 bits per heavy atom. The number of halogens is 1. The van der Waals surface area contributed by atoms with E-state index in [4.69, 9.17) is 4.42 Å². The highest BCUT2D eigenvalue weighted by Crippen LogP contribution is 2.27. The van der Waals surface area contributed by atoms with Crippen LogP contribution < -0.4 is 10.6 Å². The molecule has 2 N–H and O–H groups in total. The van der Waals surface area contributed by atoms with E-state index in [1.807, 2.05) is 26.8 Å². The fourth-order valence-electron chi connectivity index (χ4n) is 2.07. The van der Waals surface area contributed by atoms with Crippen LogP contribution in [0.5, 0.6) is 0 Å². The van der Waals surface area contributed by atoms with Gasteiger partial charge in [-0.3, -0.25) is 0 Å². The molecule has 2 aromatic rings. The fourth-order valence-corrected chi connectivity index (χ4v) is 2.38. The molecule has 0 spiro atoms. The summed E-state index contributed by atoms with van der Waals surface area (Å²) in [6.07, 6.45) is 1.74. The first kappa shape index (κ1) is 14.8. The maximum Gasteiger partial charge on any atom is 0.224 e. The van der Waals surface area contributed by atoms with Crippen LogP contribution in [0.1, 0.15) is 37.0 Å².